The number of nitrogens with zero attached hydrogens (tertiary/aromatic N) is 2. The Balaban J connectivity index is 1.14. The lowest BCUT2D eigenvalue weighted by atomic mass is 9.96. The second-order valence-corrected chi connectivity index (χ2v) is 19.5. The number of carbonyl (C=O) groups is 4. The van der Waals surface area contributed by atoms with Crippen LogP contribution in [-0.2, 0) is 35.6 Å². The van der Waals surface area contributed by atoms with E-state index in [9.17, 15) is 32.8 Å². The van der Waals surface area contributed by atoms with Crippen LogP contribution < -0.4 is 29.6 Å². The van der Waals surface area contributed by atoms with E-state index in [0.29, 0.717) is 53.8 Å². The summed E-state index contributed by atoms with van der Waals surface area (Å²) in [7, 11) is -2.33. The van der Waals surface area contributed by atoms with Crippen molar-refractivity contribution in [1.82, 2.24) is 20.3 Å². The fourth-order valence-electron chi connectivity index (χ4n) is 10.1. The second-order valence-electron chi connectivity index (χ2n) is 17.5. The smallest absolute Gasteiger partial charge is 0.408 e. The number of fused-ring (bicyclic) bond motifs is 5. The monoisotopic (exact) mass is 823 g/mol. The Morgan fingerprint density at radius 1 is 0.983 bits per heavy atom. The molecule has 8 rings (SSSR count). The summed E-state index contributed by atoms with van der Waals surface area (Å²) in [5.74, 6) is -1.15. The molecule has 3 heterocycles. The first kappa shape index (κ1) is 40.4. The quantitative estimate of drug-likeness (QED) is 0.255. The predicted molar refractivity (Wildman–Crippen MR) is 212 cm³/mol. The minimum atomic E-state index is -3.88. The lowest BCUT2D eigenvalue weighted by molar-refractivity contribution is -0.586. The number of aromatic nitrogens is 1. The summed E-state index contributed by atoms with van der Waals surface area (Å²) >= 11 is 0. The zero-order valence-electron chi connectivity index (χ0n) is 33.5. The molecule has 6 aliphatic rings. The Morgan fingerprint density at radius 2 is 1.72 bits per heavy atom. The average molecular weight is 824 g/mol. The number of carbonyl (C=O) groups excluding carboxylic acids is 4. The van der Waals surface area contributed by atoms with Crippen molar-refractivity contribution in [2.75, 3.05) is 13.7 Å². The van der Waals surface area contributed by atoms with Crippen molar-refractivity contribution >= 4 is 44.7 Å². The molecule has 15 nitrogen and oxygen atoms in total. The van der Waals surface area contributed by atoms with Gasteiger partial charge in [0.15, 0.2) is 5.75 Å². The first-order valence-electron chi connectivity index (χ1n) is 21.5. The van der Waals surface area contributed by atoms with Crippen molar-refractivity contribution in [2.45, 2.75) is 151 Å². The molecule has 4 aliphatic carbocycles. The van der Waals surface area contributed by atoms with E-state index in [1.165, 1.54) is 4.90 Å². The molecule has 316 valence electrons. The molecule has 0 unspecified atom stereocenters. The molecule has 4 saturated carbocycles. The zero-order valence-corrected chi connectivity index (χ0v) is 34.4. The highest BCUT2D eigenvalue weighted by molar-refractivity contribution is 7.91. The van der Waals surface area contributed by atoms with E-state index in [1.807, 2.05) is 13.0 Å². The standard InChI is InChI=1S/C42H57N5O10S/c1-3-28-23-42(28,40(50)45-58(53,54)31-17-18-31)44-38(48)34-22-30-24-46(34)39(49)37(26-11-7-8-12-26)43-41(51)57-35-15-9-13-25(35)10-5-4-6-14-33-36(56-30)21-27-20-29(55-2)16-19-32(27)47(33)52/h16,19-21,25-26,28,30-31,34-35,37H,3-15,17-18,22-24H2,1-2H3,(H,43,51)(H,44,48)(H,45,50)/t25-,28-,30-,34+,35-,37+,42-/m1/s1. The van der Waals surface area contributed by atoms with E-state index in [4.69, 9.17) is 14.2 Å². The van der Waals surface area contributed by atoms with E-state index >= 15 is 0 Å². The predicted octanol–water partition coefficient (Wildman–Crippen LogP) is 4.29. The number of pyridine rings is 1. The van der Waals surface area contributed by atoms with E-state index in [1.54, 1.807) is 25.3 Å². The highest BCUT2D eigenvalue weighted by Crippen LogP contribution is 2.47. The van der Waals surface area contributed by atoms with Crippen LogP contribution in [0.3, 0.4) is 0 Å². The first-order valence-corrected chi connectivity index (χ1v) is 23.0. The lowest BCUT2D eigenvalue weighted by Gasteiger charge is -2.32. The summed E-state index contributed by atoms with van der Waals surface area (Å²) in [5, 5.41) is 19.9. The summed E-state index contributed by atoms with van der Waals surface area (Å²) in [4.78, 5) is 58.2. The molecule has 0 radical (unpaired) electrons. The number of alkyl carbamates (subject to hydrolysis) is 1. The number of rotatable bonds is 8. The number of benzene rings is 1. The molecule has 3 N–H and O–H groups in total. The fourth-order valence-corrected chi connectivity index (χ4v) is 11.5. The van der Waals surface area contributed by atoms with Gasteiger partial charge in [0.05, 0.1) is 24.3 Å². The zero-order chi connectivity index (χ0) is 40.8. The van der Waals surface area contributed by atoms with Crippen LogP contribution in [-0.4, -0.2) is 85.9 Å². The molecule has 2 bridgehead atoms. The minimum absolute atomic E-state index is 0.0253. The molecular weight excluding hydrogens is 767 g/mol. The van der Waals surface area contributed by atoms with Gasteiger partial charge in [-0.3, -0.25) is 19.1 Å². The van der Waals surface area contributed by atoms with Crippen molar-refractivity contribution in [3.8, 4) is 11.5 Å². The highest BCUT2D eigenvalue weighted by atomic mass is 32.2. The SMILES string of the molecule is CC[C@@H]1C[C@]1(NC(=O)[C@@H]1C[C@@H]2CN1C(=O)[C@H](C1CCCC1)NC(=O)O[C@@H]1CCC[C@H]1CCCCCc1c(cc3cc(OC)ccc3[n+]1[O-])O2)C(=O)NS(=O)(=O)C1CC1. The Kier molecular flexibility index (Phi) is 11.4. The molecule has 7 atom stereocenters. The topological polar surface area (TPSA) is 196 Å². The first-order chi connectivity index (χ1) is 27.9. The molecule has 0 spiro atoms. The highest BCUT2D eigenvalue weighted by Gasteiger charge is 2.62. The Bertz CT molecular complexity index is 2040. The third kappa shape index (κ3) is 8.14. The van der Waals surface area contributed by atoms with Crippen LogP contribution in [0.5, 0.6) is 11.5 Å². The van der Waals surface area contributed by atoms with Crippen molar-refractivity contribution in [3.05, 3.63) is 35.2 Å². The van der Waals surface area contributed by atoms with Crippen LogP contribution in [0.2, 0.25) is 0 Å². The van der Waals surface area contributed by atoms with Gasteiger partial charge >= 0.3 is 6.09 Å². The van der Waals surface area contributed by atoms with Crippen LogP contribution in [0.15, 0.2) is 24.3 Å². The summed E-state index contributed by atoms with van der Waals surface area (Å²) in [6, 6.07) is 4.97. The third-order valence-electron chi connectivity index (χ3n) is 13.7. The van der Waals surface area contributed by atoms with Gasteiger partial charge in [0.2, 0.25) is 33.0 Å². The molecule has 2 aliphatic heterocycles. The van der Waals surface area contributed by atoms with E-state index in [2.05, 4.69) is 15.4 Å². The van der Waals surface area contributed by atoms with Gasteiger partial charge in [-0.05, 0) is 94.1 Å². The van der Waals surface area contributed by atoms with Gasteiger partial charge in [-0.1, -0.05) is 39.0 Å². The van der Waals surface area contributed by atoms with E-state index in [-0.39, 0.29) is 43.2 Å². The van der Waals surface area contributed by atoms with Gasteiger partial charge < -0.3 is 35.0 Å². The molecule has 1 saturated heterocycles. The average Bonchev–Trinajstić information content (AvgIpc) is 3.99. The molecule has 2 aromatic rings. The van der Waals surface area contributed by atoms with E-state index in [0.717, 1.165) is 75.4 Å². The largest absolute Gasteiger partial charge is 0.618 e. The van der Waals surface area contributed by atoms with Crippen LogP contribution in [0, 0.1) is 23.0 Å². The molecule has 1 aromatic carbocycles. The van der Waals surface area contributed by atoms with Gasteiger partial charge in [-0.2, -0.15) is 4.73 Å². The van der Waals surface area contributed by atoms with Gasteiger partial charge in [-0.15, -0.1) is 0 Å². The second kappa shape index (κ2) is 16.4. The number of ether oxygens (including phenoxy) is 3. The maximum absolute atomic E-state index is 14.9. The van der Waals surface area contributed by atoms with Crippen LogP contribution >= 0.6 is 0 Å². The summed E-state index contributed by atoms with van der Waals surface area (Å²) in [5.41, 5.74) is -0.523. The van der Waals surface area contributed by atoms with Crippen molar-refractivity contribution in [1.29, 1.82) is 0 Å². The Morgan fingerprint density at radius 3 is 2.45 bits per heavy atom. The minimum Gasteiger partial charge on any atom is -0.618 e. The fraction of sp³-hybridized carbons (Fsp3) is 0.690. The van der Waals surface area contributed by atoms with Gasteiger partial charge in [-0.25, -0.2) is 13.2 Å². The molecule has 16 heteroatoms. The van der Waals surface area contributed by atoms with Gasteiger partial charge in [0.25, 0.3) is 5.91 Å². The molecule has 4 amide bonds. The van der Waals surface area contributed by atoms with Crippen molar-refractivity contribution in [2.24, 2.45) is 17.8 Å². The molecular formula is C42H57N5O10S. The van der Waals surface area contributed by atoms with Crippen LogP contribution in [0.25, 0.3) is 10.9 Å². The third-order valence-corrected chi connectivity index (χ3v) is 15.5. The summed E-state index contributed by atoms with van der Waals surface area (Å²) in [6.07, 6.45) is 9.86. The van der Waals surface area contributed by atoms with Crippen LogP contribution in [0.4, 0.5) is 4.79 Å². The van der Waals surface area contributed by atoms with E-state index < -0.39 is 62.8 Å². The number of hydrogen-bond donors (Lipinski definition) is 3. The molecule has 5 fully saturated rings. The molecule has 1 aromatic heterocycles. The normalized spacial score (nSPS) is 30.9. The maximum atomic E-state index is 14.9. The Labute approximate surface area is 339 Å². The number of methoxy groups -OCH3 is 1. The number of sulfonamides is 1. The number of hydrogen-bond acceptors (Lipinski definition) is 10. The summed E-state index contributed by atoms with van der Waals surface area (Å²) in [6.45, 7) is 1.85. The number of nitrogens with one attached hydrogen (secondary N) is 3. The maximum Gasteiger partial charge on any atom is 0.408 e. The van der Waals surface area contributed by atoms with Gasteiger partial charge in [0, 0.05) is 25.0 Å². The van der Waals surface area contributed by atoms with Crippen LogP contribution in [0.1, 0.15) is 115 Å². The Hall–Kier alpha value is -4.34. The number of amides is 4. The van der Waals surface area contributed by atoms with Gasteiger partial charge in [0.1, 0.15) is 35.6 Å². The molecule has 58 heavy (non-hydrogen) atoms. The lowest BCUT2D eigenvalue weighted by Crippen LogP contribution is -2.59. The summed E-state index contributed by atoms with van der Waals surface area (Å²) < 4.78 is 47.0. The van der Waals surface area contributed by atoms with Crippen molar-refractivity contribution < 1.29 is 46.5 Å². The van der Waals surface area contributed by atoms with Crippen molar-refractivity contribution in [3.63, 3.8) is 0 Å².